The number of nitrogens with zero attached hydrogens (tertiary/aromatic N) is 5. The van der Waals surface area contributed by atoms with Gasteiger partial charge in [-0.05, 0) is 96.6 Å². The summed E-state index contributed by atoms with van der Waals surface area (Å²) in [7, 11) is 2.18. The van der Waals surface area contributed by atoms with Crippen LogP contribution in [0.1, 0.15) is 55.2 Å². The molecule has 0 saturated carbocycles. The third-order valence-electron chi connectivity index (χ3n) is 11.7. The molecule has 1 aromatic heterocycles. The number of thiophene rings is 1. The summed E-state index contributed by atoms with van der Waals surface area (Å²) in [5.41, 5.74) is 6.71. The molecule has 0 radical (unpaired) electrons. The number of amides is 4. The van der Waals surface area contributed by atoms with Crippen molar-refractivity contribution in [1.29, 1.82) is 0 Å². The highest BCUT2D eigenvalue weighted by Crippen LogP contribution is 2.39. The molecule has 5 aliphatic rings. The van der Waals surface area contributed by atoms with Gasteiger partial charge < -0.3 is 30.7 Å². The van der Waals surface area contributed by atoms with Gasteiger partial charge in [0.15, 0.2) is 0 Å². The molecule has 2 aromatic rings. The van der Waals surface area contributed by atoms with E-state index >= 15 is 0 Å². The monoisotopic (exact) mass is 779 g/mol. The van der Waals surface area contributed by atoms with Gasteiger partial charge in [0.2, 0.25) is 11.8 Å². The highest BCUT2D eigenvalue weighted by Gasteiger charge is 2.45. The Morgan fingerprint density at radius 1 is 0.980 bits per heavy atom. The highest BCUT2D eigenvalue weighted by atomic mass is 79.9. The van der Waals surface area contributed by atoms with Crippen LogP contribution < -0.4 is 11.1 Å². The number of fused-ring (bicyclic) bond motifs is 3. The maximum Gasteiger partial charge on any atom is 0.418 e. The lowest BCUT2D eigenvalue weighted by Crippen LogP contribution is -2.54. The van der Waals surface area contributed by atoms with E-state index in [2.05, 4.69) is 43.5 Å². The average molecular weight is 781 g/mol. The number of nitrogen functional groups attached to an aromatic ring is 1. The molecular formula is C35H45BrF3N7O3S. The molecule has 272 valence electrons. The number of carbonyl (C=O) groups excluding carboxylic acids is 3. The maximum absolute atomic E-state index is 14.2. The number of urea groups is 1. The summed E-state index contributed by atoms with van der Waals surface area (Å²) in [5.74, 6) is -1.20. The third-order valence-corrected chi connectivity index (χ3v) is 13.1. The van der Waals surface area contributed by atoms with Crippen molar-refractivity contribution in [3.05, 3.63) is 44.1 Å². The fraction of sp³-hybridized carbons (Fsp3) is 0.629. The lowest BCUT2D eigenvalue weighted by Gasteiger charge is -2.42. The molecule has 6 heterocycles. The number of rotatable bonds is 7. The first-order valence-corrected chi connectivity index (χ1v) is 19.4. The fourth-order valence-corrected chi connectivity index (χ4v) is 10.2. The number of carbonyl (C=O) groups is 3. The van der Waals surface area contributed by atoms with E-state index in [0.29, 0.717) is 69.3 Å². The number of hydrogen-bond donors (Lipinski definition) is 2. The van der Waals surface area contributed by atoms with Gasteiger partial charge in [0.25, 0.3) is 0 Å². The van der Waals surface area contributed by atoms with E-state index in [-0.39, 0.29) is 41.2 Å². The number of halogens is 4. The molecule has 3 atom stereocenters. The Morgan fingerprint density at radius 3 is 2.34 bits per heavy atom. The summed E-state index contributed by atoms with van der Waals surface area (Å²) in [5, 5.41) is 7.02. The van der Waals surface area contributed by atoms with Crippen LogP contribution in [0.15, 0.2) is 27.4 Å². The molecule has 2 unspecified atom stereocenters. The standard InChI is InChI=1S/C35H45BrF3N7O3S/c1-42-17-27-16-26(42)18-46(27)25-5-9-44(10-6-25)33(48)23(12-21-13-28(35(37,38)39)32(40)29(36)14-21)15-31(47)43-7-3-24(4-8-43)45-11-2-22-19-50-20-30(22)41-34(45)49/h13-14,19-20,23-27H,2-12,15-18,40H2,1H3,(H,41,49)/t23-,26?,27?/m0/s1. The first-order valence-electron chi connectivity index (χ1n) is 17.7. The van der Waals surface area contributed by atoms with Gasteiger partial charge in [-0.2, -0.15) is 13.2 Å². The number of anilines is 2. The number of nitrogens with one attached hydrogen (secondary N) is 1. The summed E-state index contributed by atoms with van der Waals surface area (Å²) in [6, 6.07) is 3.95. The Morgan fingerprint density at radius 2 is 1.68 bits per heavy atom. The molecule has 15 heteroatoms. The summed E-state index contributed by atoms with van der Waals surface area (Å²) in [6.45, 7) is 4.75. The SMILES string of the molecule is CN1CC2CC1CN2C1CCN(C(=O)[C@H](CC(=O)N2CCC(N3CCc4cscc4NC3=O)CC2)Cc2cc(Br)c(N)c(C(F)(F)F)c2)CC1. The second-order valence-electron chi connectivity index (χ2n) is 14.7. The number of piperidine rings is 2. The topological polar surface area (TPSA) is 105 Å². The first-order chi connectivity index (χ1) is 23.9. The predicted molar refractivity (Wildman–Crippen MR) is 190 cm³/mol. The molecule has 4 fully saturated rings. The summed E-state index contributed by atoms with van der Waals surface area (Å²) >= 11 is 4.75. The van der Waals surface area contributed by atoms with Crippen LogP contribution in [0, 0.1) is 5.92 Å². The van der Waals surface area contributed by atoms with Crippen LogP contribution in [-0.4, -0.2) is 119 Å². The average Bonchev–Trinajstić information content (AvgIpc) is 3.79. The Hall–Kier alpha value is -2.88. The molecule has 0 spiro atoms. The van der Waals surface area contributed by atoms with Crippen LogP contribution in [0.3, 0.4) is 0 Å². The summed E-state index contributed by atoms with van der Waals surface area (Å²) < 4.78 is 41.8. The fourth-order valence-electron chi connectivity index (χ4n) is 8.85. The molecule has 10 nitrogen and oxygen atoms in total. The van der Waals surface area contributed by atoms with Gasteiger partial charge >= 0.3 is 12.2 Å². The molecule has 50 heavy (non-hydrogen) atoms. The third kappa shape index (κ3) is 7.24. The number of nitrogens with two attached hydrogens (primary N) is 1. The molecule has 4 saturated heterocycles. The quantitative estimate of drug-likeness (QED) is 0.379. The van der Waals surface area contributed by atoms with Crippen molar-refractivity contribution in [3.63, 3.8) is 0 Å². The minimum Gasteiger partial charge on any atom is -0.397 e. The lowest BCUT2D eigenvalue weighted by molar-refractivity contribution is -0.143. The van der Waals surface area contributed by atoms with E-state index in [9.17, 15) is 27.6 Å². The largest absolute Gasteiger partial charge is 0.418 e. The van der Waals surface area contributed by atoms with Gasteiger partial charge in [-0.25, -0.2) is 4.79 Å². The molecular weight excluding hydrogens is 735 g/mol. The number of alkyl halides is 3. The zero-order chi connectivity index (χ0) is 35.3. The molecule has 5 aliphatic heterocycles. The number of likely N-dealkylation sites (tertiary alicyclic amines) is 4. The molecule has 1 aromatic carbocycles. The second kappa shape index (κ2) is 14.3. The van der Waals surface area contributed by atoms with Gasteiger partial charge in [-0.1, -0.05) is 0 Å². The number of piperazine rings is 1. The molecule has 2 bridgehead atoms. The molecule has 3 N–H and O–H groups in total. The van der Waals surface area contributed by atoms with Crippen LogP contribution in [0.4, 0.5) is 29.3 Å². The van der Waals surface area contributed by atoms with Gasteiger partial charge in [0.1, 0.15) is 0 Å². The van der Waals surface area contributed by atoms with Crippen molar-refractivity contribution in [2.75, 3.05) is 63.9 Å². The lowest BCUT2D eigenvalue weighted by atomic mass is 9.91. The van der Waals surface area contributed by atoms with Gasteiger partial charge in [-0.15, -0.1) is 11.3 Å². The van der Waals surface area contributed by atoms with Crippen molar-refractivity contribution in [2.45, 2.75) is 81.7 Å². The van der Waals surface area contributed by atoms with Crippen LogP contribution in [0.2, 0.25) is 0 Å². The van der Waals surface area contributed by atoms with E-state index in [1.54, 1.807) is 16.2 Å². The smallest absolute Gasteiger partial charge is 0.397 e. The predicted octanol–water partition coefficient (Wildman–Crippen LogP) is 5.12. The van der Waals surface area contributed by atoms with Crippen LogP contribution >= 0.6 is 27.3 Å². The van der Waals surface area contributed by atoms with E-state index in [4.69, 9.17) is 5.73 Å². The van der Waals surface area contributed by atoms with E-state index in [1.165, 1.54) is 12.5 Å². The van der Waals surface area contributed by atoms with Crippen LogP contribution in [0.25, 0.3) is 0 Å². The minimum atomic E-state index is -4.66. The molecule has 7 rings (SSSR count). The Kier molecular flexibility index (Phi) is 10.1. The van der Waals surface area contributed by atoms with Crippen molar-refractivity contribution >= 4 is 56.5 Å². The number of hydrogen-bond acceptors (Lipinski definition) is 7. The van der Waals surface area contributed by atoms with E-state index in [0.717, 1.165) is 49.7 Å². The maximum atomic E-state index is 14.2. The van der Waals surface area contributed by atoms with Gasteiger partial charge in [0, 0.05) is 86.3 Å². The summed E-state index contributed by atoms with van der Waals surface area (Å²) in [4.78, 5) is 51.5. The number of benzene rings is 1. The van der Waals surface area contributed by atoms with Crippen molar-refractivity contribution < 1.29 is 27.6 Å². The first kappa shape index (κ1) is 35.5. The van der Waals surface area contributed by atoms with Crippen molar-refractivity contribution in [2.24, 2.45) is 5.92 Å². The van der Waals surface area contributed by atoms with Crippen LogP contribution in [-0.2, 0) is 28.6 Å². The Bertz CT molecular complexity index is 1610. The Balaban J connectivity index is 1.02. The second-order valence-corrected chi connectivity index (χ2v) is 16.3. The molecule has 0 aliphatic carbocycles. The minimum absolute atomic E-state index is 0.00964. The van der Waals surface area contributed by atoms with Gasteiger partial charge in [0.05, 0.1) is 22.9 Å². The van der Waals surface area contributed by atoms with E-state index < -0.39 is 23.3 Å². The zero-order valence-corrected chi connectivity index (χ0v) is 30.7. The normalized spacial score (nSPS) is 24.7. The highest BCUT2D eigenvalue weighted by molar-refractivity contribution is 9.10. The number of likely N-dealkylation sites (N-methyl/N-ethyl adjacent to an activating group) is 1. The molecule has 4 amide bonds. The van der Waals surface area contributed by atoms with Crippen molar-refractivity contribution in [1.82, 2.24) is 24.5 Å². The zero-order valence-electron chi connectivity index (χ0n) is 28.3. The van der Waals surface area contributed by atoms with Gasteiger partial charge in [-0.3, -0.25) is 14.5 Å². The Labute approximate surface area is 303 Å². The van der Waals surface area contributed by atoms with E-state index in [1.807, 2.05) is 15.2 Å². The van der Waals surface area contributed by atoms with Crippen LogP contribution in [0.5, 0.6) is 0 Å². The summed E-state index contributed by atoms with van der Waals surface area (Å²) in [6.07, 6.45) is 0.108. The van der Waals surface area contributed by atoms with Crippen molar-refractivity contribution in [3.8, 4) is 0 Å².